The molecule has 4 nitrogen and oxygen atoms in total. The van der Waals surface area contributed by atoms with Gasteiger partial charge in [0.25, 0.3) is 0 Å². The average Bonchev–Trinajstić information content (AvgIpc) is 2.83. The number of rotatable bonds is 2. The van der Waals surface area contributed by atoms with Gasteiger partial charge in [-0.05, 0) is 36.1 Å². The summed E-state index contributed by atoms with van der Waals surface area (Å²) in [6.45, 7) is 1.58. The SMILES string of the molecule is O=C(NC1CCc2cc(Cl)ccc21)NC1[C@H]2COC[C@@H]12. The molecule has 0 aromatic heterocycles. The number of hydrogen-bond donors (Lipinski definition) is 2. The van der Waals surface area contributed by atoms with Crippen LogP contribution < -0.4 is 10.6 Å². The van der Waals surface area contributed by atoms with Gasteiger partial charge in [-0.2, -0.15) is 0 Å². The first-order valence-electron chi connectivity index (χ1n) is 7.15. The number of aryl methyl sites for hydroxylation is 1. The zero-order valence-electron chi connectivity index (χ0n) is 11.1. The van der Waals surface area contributed by atoms with Crippen molar-refractivity contribution in [1.29, 1.82) is 0 Å². The Morgan fingerprint density at radius 1 is 1.25 bits per heavy atom. The third-order valence-electron chi connectivity index (χ3n) is 4.74. The van der Waals surface area contributed by atoms with Gasteiger partial charge in [0.05, 0.1) is 19.3 Å². The van der Waals surface area contributed by atoms with E-state index in [1.807, 2.05) is 18.2 Å². The summed E-state index contributed by atoms with van der Waals surface area (Å²) >= 11 is 6.00. The second-order valence-corrected chi connectivity index (χ2v) is 6.38. The van der Waals surface area contributed by atoms with E-state index in [0.29, 0.717) is 17.9 Å². The monoisotopic (exact) mass is 292 g/mol. The molecule has 2 N–H and O–H groups in total. The summed E-state index contributed by atoms with van der Waals surface area (Å²) in [6.07, 6.45) is 1.92. The van der Waals surface area contributed by atoms with E-state index < -0.39 is 0 Å². The van der Waals surface area contributed by atoms with Crippen LogP contribution in [0.4, 0.5) is 4.79 Å². The lowest BCUT2D eigenvalue weighted by atomic mass is 10.1. The van der Waals surface area contributed by atoms with Crippen molar-refractivity contribution >= 4 is 17.6 Å². The van der Waals surface area contributed by atoms with Crippen LogP contribution in [0.2, 0.25) is 5.02 Å². The number of nitrogens with one attached hydrogen (secondary N) is 2. The molecule has 0 spiro atoms. The molecular weight excluding hydrogens is 276 g/mol. The first kappa shape index (κ1) is 12.5. The van der Waals surface area contributed by atoms with Crippen molar-refractivity contribution in [3.63, 3.8) is 0 Å². The number of carbonyl (C=O) groups is 1. The molecule has 4 atom stereocenters. The highest BCUT2D eigenvalue weighted by atomic mass is 35.5. The molecule has 106 valence electrons. The molecule has 3 aliphatic rings. The lowest BCUT2D eigenvalue weighted by molar-refractivity contribution is 0.156. The summed E-state index contributed by atoms with van der Waals surface area (Å²) in [5.41, 5.74) is 2.45. The molecule has 1 heterocycles. The largest absolute Gasteiger partial charge is 0.381 e. The number of amides is 2. The summed E-state index contributed by atoms with van der Waals surface area (Å²) in [5, 5.41) is 6.91. The second kappa shape index (κ2) is 4.64. The van der Waals surface area contributed by atoms with Gasteiger partial charge in [0, 0.05) is 22.9 Å². The molecule has 1 saturated carbocycles. The van der Waals surface area contributed by atoms with Gasteiger partial charge in [0.15, 0.2) is 0 Å². The van der Waals surface area contributed by atoms with Crippen LogP contribution in [-0.2, 0) is 11.2 Å². The molecule has 2 aliphatic carbocycles. The van der Waals surface area contributed by atoms with Crippen LogP contribution in [0.25, 0.3) is 0 Å². The zero-order valence-corrected chi connectivity index (χ0v) is 11.8. The van der Waals surface area contributed by atoms with Crippen LogP contribution in [-0.4, -0.2) is 25.3 Å². The number of fused-ring (bicyclic) bond motifs is 2. The smallest absolute Gasteiger partial charge is 0.315 e. The fourth-order valence-corrected chi connectivity index (χ4v) is 3.74. The minimum absolute atomic E-state index is 0.0581. The molecule has 1 aliphatic heterocycles. The highest BCUT2D eigenvalue weighted by Gasteiger charge is 2.54. The van der Waals surface area contributed by atoms with E-state index in [2.05, 4.69) is 10.6 Å². The van der Waals surface area contributed by atoms with Crippen molar-refractivity contribution in [3.8, 4) is 0 Å². The van der Waals surface area contributed by atoms with Gasteiger partial charge in [-0.15, -0.1) is 0 Å². The van der Waals surface area contributed by atoms with Crippen molar-refractivity contribution in [1.82, 2.24) is 10.6 Å². The number of benzene rings is 1. The highest BCUT2D eigenvalue weighted by molar-refractivity contribution is 6.30. The Balaban J connectivity index is 1.37. The Hall–Kier alpha value is -1.26. The molecule has 1 saturated heterocycles. The number of carbonyl (C=O) groups excluding carboxylic acids is 1. The van der Waals surface area contributed by atoms with E-state index in [4.69, 9.17) is 16.3 Å². The average molecular weight is 293 g/mol. The first-order valence-corrected chi connectivity index (χ1v) is 7.53. The maximum Gasteiger partial charge on any atom is 0.315 e. The Kier molecular flexibility index (Phi) is 2.89. The Labute approximate surface area is 122 Å². The number of ether oxygens (including phenoxy) is 1. The van der Waals surface area contributed by atoms with Crippen LogP contribution in [0.5, 0.6) is 0 Å². The zero-order chi connectivity index (χ0) is 13.7. The molecule has 2 unspecified atom stereocenters. The topological polar surface area (TPSA) is 50.4 Å². The van der Waals surface area contributed by atoms with E-state index in [-0.39, 0.29) is 12.1 Å². The predicted octanol–water partition coefficient (Wildman–Crippen LogP) is 2.27. The summed E-state index contributed by atoms with van der Waals surface area (Å²) in [7, 11) is 0. The number of hydrogen-bond acceptors (Lipinski definition) is 2. The first-order chi connectivity index (χ1) is 9.72. The molecule has 2 fully saturated rings. The summed E-state index contributed by atoms with van der Waals surface area (Å²) in [6, 6.07) is 6.28. The molecular formula is C15H17ClN2O2. The summed E-state index contributed by atoms with van der Waals surface area (Å²) in [5.74, 6) is 1.07. The normalized spacial score (nSPS) is 33.5. The van der Waals surface area contributed by atoms with Gasteiger partial charge in [-0.25, -0.2) is 4.79 Å². The molecule has 0 radical (unpaired) electrons. The summed E-state index contributed by atoms with van der Waals surface area (Å²) < 4.78 is 5.33. The Morgan fingerprint density at radius 2 is 2.05 bits per heavy atom. The van der Waals surface area contributed by atoms with Gasteiger partial charge >= 0.3 is 6.03 Å². The molecule has 1 aromatic carbocycles. The minimum atomic E-state index is -0.0581. The quantitative estimate of drug-likeness (QED) is 0.878. The maximum atomic E-state index is 12.1. The molecule has 2 amide bonds. The van der Waals surface area contributed by atoms with E-state index in [9.17, 15) is 4.79 Å². The molecule has 4 rings (SSSR count). The van der Waals surface area contributed by atoms with Crippen LogP contribution in [0.3, 0.4) is 0 Å². The van der Waals surface area contributed by atoms with Crippen molar-refractivity contribution in [3.05, 3.63) is 34.3 Å². The van der Waals surface area contributed by atoms with E-state index in [1.165, 1.54) is 11.1 Å². The Bertz CT molecular complexity index is 553. The van der Waals surface area contributed by atoms with Gasteiger partial charge in [-0.1, -0.05) is 17.7 Å². The van der Waals surface area contributed by atoms with Crippen LogP contribution in [0.15, 0.2) is 18.2 Å². The standard InChI is InChI=1S/C15H17ClN2O2/c16-9-2-3-10-8(5-9)1-4-13(10)17-15(19)18-14-11-6-20-7-12(11)14/h2-3,5,11-14H,1,4,6-7H2,(H2,17,18,19)/t11-,12+,13?,14?. The van der Waals surface area contributed by atoms with Gasteiger partial charge in [0.2, 0.25) is 0 Å². The number of urea groups is 1. The van der Waals surface area contributed by atoms with Crippen molar-refractivity contribution in [2.75, 3.05) is 13.2 Å². The molecule has 5 heteroatoms. The molecule has 0 bridgehead atoms. The van der Waals surface area contributed by atoms with E-state index in [1.54, 1.807) is 0 Å². The van der Waals surface area contributed by atoms with E-state index in [0.717, 1.165) is 31.1 Å². The van der Waals surface area contributed by atoms with E-state index >= 15 is 0 Å². The van der Waals surface area contributed by atoms with Crippen LogP contribution in [0.1, 0.15) is 23.6 Å². The Morgan fingerprint density at radius 3 is 2.85 bits per heavy atom. The highest BCUT2D eigenvalue weighted by Crippen LogP contribution is 2.44. The maximum absolute atomic E-state index is 12.1. The van der Waals surface area contributed by atoms with Crippen LogP contribution >= 0.6 is 11.6 Å². The van der Waals surface area contributed by atoms with Gasteiger partial charge in [-0.3, -0.25) is 0 Å². The lowest BCUT2D eigenvalue weighted by Crippen LogP contribution is -2.40. The van der Waals surface area contributed by atoms with Gasteiger partial charge < -0.3 is 15.4 Å². The van der Waals surface area contributed by atoms with Crippen molar-refractivity contribution in [2.24, 2.45) is 11.8 Å². The fraction of sp³-hybridized carbons (Fsp3) is 0.533. The van der Waals surface area contributed by atoms with Crippen molar-refractivity contribution < 1.29 is 9.53 Å². The lowest BCUT2D eigenvalue weighted by Gasteiger charge is -2.15. The second-order valence-electron chi connectivity index (χ2n) is 5.94. The molecule has 20 heavy (non-hydrogen) atoms. The third kappa shape index (κ3) is 2.07. The molecule has 1 aromatic rings. The minimum Gasteiger partial charge on any atom is -0.381 e. The third-order valence-corrected chi connectivity index (χ3v) is 4.97. The van der Waals surface area contributed by atoms with Gasteiger partial charge in [0.1, 0.15) is 0 Å². The predicted molar refractivity (Wildman–Crippen MR) is 75.8 cm³/mol. The van der Waals surface area contributed by atoms with Crippen LogP contribution in [0, 0.1) is 11.8 Å². The fourth-order valence-electron chi connectivity index (χ4n) is 3.54. The number of halogens is 1. The van der Waals surface area contributed by atoms with Crippen molar-refractivity contribution in [2.45, 2.75) is 24.9 Å². The summed E-state index contributed by atoms with van der Waals surface area (Å²) in [4.78, 5) is 12.1.